The van der Waals surface area contributed by atoms with Gasteiger partial charge in [0, 0.05) is 19.4 Å². The van der Waals surface area contributed by atoms with E-state index >= 15 is 0 Å². The van der Waals surface area contributed by atoms with Crippen LogP contribution in [0.1, 0.15) is 149 Å². The molecule has 0 radical (unpaired) electrons. The second-order valence-electron chi connectivity index (χ2n) is 10.6. The van der Waals surface area contributed by atoms with E-state index in [1.807, 2.05) is 0 Å². The molecule has 0 fully saturated rings. The Labute approximate surface area is 235 Å². The molecule has 0 spiro atoms. The summed E-state index contributed by atoms with van der Waals surface area (Å²) < 4.78 is 9.11. The standard InChI is InChI=1S/C31H62N2O3S/c1-4-6-7-8-12-17-23-30(5-2)36-31(35)24-18-13-11-15-20-27-33(28-22-25-32-37-3)26-19-14-9-10-16-21-29-34/h29-30,32H,4-28H2,1-3H3. The van der Waals surface area contributed by atoms with E-state index in [0.29, 0.717) is 12.8 Å². The molecule has 0 saturated carbocycles. The van der Waals surface area contributed by atoms with Crippen molar-refractivity contribution in [2.45, 2.75) is 155 Å². The van der Waals surface area contributed by atoms with E-state index in [1.165, 1.54) is 110 Å². The zero-order chi connectivity index (χ0) is 27.2. The molecule has 1 N–H and O–H groups in total. The third-order valence-electron chi connectivity index (χ3n) is 7.18. The smallest absolute Gasteiger partial charge is 0.306 e. The molecule has 0 bridgehead atoms. The van der Waals surface area contributed by atoms with E-state index in [0.717, 1.165) is 44.9 Å². The second kappa shape index (κ2) is 30.0. The van der Waals surface area contributed by atoms with Crippen LogP contribution in [0.5, 0.6) is 0 Å². The number of hydrogen-bond donors (Lipinski definition) is 1. The Morgan fingerprint density at radius 3 is 1.97 bits per heavy atom. The molecule has 220 valence electrons. The molecular formula is C31H62N2O3S. The number of hydrogen-bond acceptors (Lipinski definition) is 6. The summed E-state index contributed by atoms with van der Waals surface area (Å²) in [6.07, 6.45) is 27.2. The van der Waals surface area contributed by atoms with Crippen LogP contribution in [0.3, 0.4) is 0 Å². The van der Waals surface area contributed by atoms with E-state index < -0.39 is 0 Å². The van der Waals surface area contributed by atoms with E-state index in [9.17, 15) is 9.59 Å². The molecule has 0 aliphatic carbocycles. The summed E-state index contributed by atoms with van der Waals surface area (Å²) in [5.41, 5.74) is 0. The summed E-state index contributed by atoms with van der Waals surface area (Å²) in [5, 5.41) is 0. The number of rotatable bonds is 30. The van der Waals surface area contributed by atoms with Crippen molar-refractivity contribution >= 4 is 24.2 Å². The van der Waals surface area contributed by atoms with Crippen molar-refractivity contribution in [1.82, 2.24) is 9.62 Å². The Morgan fingerprint density at radius 2 is 1.35 bits per heavy atom. The SMILES string of the molecule is CCCCCCCCC(CC)OC(=O)CCCCCCCN(CCCCCCCC=O)CCCNSC. The van der Waals surface area contributed by atoms with Gasteiger partial charge in [0.25, 0.3) is 0 Å². The summed E-state index contributed by atoms with van der Waals surface area (Å²) >= 11 is 1.70. The van der Waals surface area contributed by atoms with Crippen LogP contribution in [-0.2, 0) is 14.3 Å². The Balaban J connectivity index is 3.89. The van der Waals surface area contributed by atoms with Crippen molar-refractivity contribution in [3.63, 3.8) is 0 Å². The highest BCUT2D eigenvalue weighted by Gasteiger charge is 2.12. The predicted octanol–water partition coefficient (Wildman–Crippen LogP) is 8.50. The van der Waals surface area contributed by atoms with E-state index in [-0.39, 0.29) is 12.1 Å². The Kier molecular flexibility index (Phi) is 29.5. The summed E-state index contributed by atoms with van der Waals surface area (Å²) in [6.45, 7) is 8.99. The van der Waals surface area contributed by atoms with Crippen molar-refractivity contribution in [2.24, 2.45) is 0 Å². The van der Waals surface area contributed by atoms with E-state index in [4.69, 9.17) is 4.74 Å². The number of unbranched alkanes of at least 4 members (excludes halogenated alkanes) is 14. The Morgan fingerprint density at radius 1 is 0.784 bits per heavy atom. The molecule has 5 nitrogen and oxygen atoms in total. The van der Waals surface area contributed by atoms with Gasteiger partial charge in [-0.25, -0.2) is 0 Å². The van der Waals surface area contributed by atoms with Gasteiger partial charge in [0.15, 0.2) is 0 Å². The average Bonchev–Trinajstić information content (AvgIpc) is 2.90. The summed E-state index contributed by atoms with van der Waals surface area (Å²) in [6, 6.07) is 0. The number of aldehydes is 1. The average molecular weight is 543 g/mol. The van der Waals surface area contributed by atoms with E-state index in [1.54, 1.807) is 11.9 Å². The van der Waals surface area contributed by atoms with Crippen LogP contribution >= 0.6 is 11.9 Å². The number of nitrogens with zero attached hydrogens (tertiary/aromatic N) is 1. The van der Waals surface area contributed by atoms with Gasteiger partial charge in [0.2, 0.25) is 0 Å². The molecule has 0 aliphatic heterocycles. The molecular weight excluding hydrogens is 480 g/mol. The van der Waals surface area contributed by atoms with Gasteiger partial charge in [0.1, 0.15) is 12.4 Å². The van der Waals surface area contributed by atoms with Gasteiger partial charge in [-0.2, -0.15) is 0 Å². The lowest BCUT2D eigenvalue weighted by Crippen LogP contribution is -2.28. The maximum absolute atomic E-state index is 12.3. The maximum atomic E-state index is 12.3. The minimum atomic E-state index is 0.00835. The lowest BCUT2D eigenvalue weighted by molar-refractivity contribution is -0.149. The van der Waals surface area contributed by atoms with Gasteiger partial charge in [-0.3, -0.25) is 9.52 Å². The lowest BCUT2D eigenvalue weighted by Gasteiger charge is -2.22. The molecule has 1 atom stereocenters. The van der Waals surface area contributed by atoms with Crippen LogP contribution in [0, 0.1) is 0 Å². The quantitative estimate of drug-likeness (QED) is 0.0425. The molecule has 0 aromatic heterocycles. The lowest BCUT2D eigenvalue weighted by atomic mass is 10.1. The van der Waals surface area contributed by atoms with Crippen LogP contribution < -0.4 is 4.72 Å². The van der Waals surface area contributed by atoms with Crippen LogP contribution in [-0.4, -0.2) is 55.7 Å². The van der Waals surface area contributed by atoms with E-state index in [2.05, 4.69) is 29.7 Å². The zero-order valence-electron chi connectivity index (χ0n) is 24.9. The summed E-state index contributed by atoms with van der Waals surface area (Å²) in [4.78, 5) is 25.3. The monoisotopic (exact) mass is 542 g/mol. The highest BCUT2D eigenvalue weighted by molar-refractivity contribution is 7.96. The molecule has 0 aromatic rings. The second-order valence-corrected chi connectivity index (χ2v) is 11.3. The summed E-state index contributed by atoms with van der Waals surface area (Å²) in [7, 11) is 0. The molecule has 0 amide bonds. The number of carbonyl (C=O) groups excluding carboxylic acids is 2. The zero-order valence-corrected chi connectivity index (χ0v) is 25.7. The van der Waals surface area contributed by atoms with Crippen molar-refractivity contribution in [2.75, 3.05) is 32.4 Å². The minimum Gasteiger partial charge on any atom is -0.462 e. The Bertz CT molecular complexity index is 493. The van der Waals surface area contributed by atoms with Gasteiger partial charge < -0.3 is 14.4 Å². The number of carbonyl (C=O) groups is 2. The van der Waals surface area contributed by atoms with Gasteiger partial charge in [-0.15, -0.1) is 0 Å². The molecule has 6 heteroatoms. The molecule has 0 aromatic carbocycles. The first kappa shape index (κ1) is 36.4. The van der Waals surface area contributed by atoms with Crippen molar-refractivity contribution in [3.8, 4) is 0 Å². The van der Waals surface area contributed by atoms with Gasteiger partial charge in [0.05, 0.1) is 0 Å². The van der Waals surface area contributed by atoms with Crippen molar-refractivity contribution in [3.05, 3.63) is 0 Å². The fraction of sp³-hybridized carbons (Fsp3) is 0.935. The van der Waals surface area contributed by atoms with Crippen LogP contribution in [0.4, 0.5) is 0 Å². The topological polar surface area (TPSA) is 58.6 Å². The van der Waals surface area contributed by atoms with Crippen molar-refractivity contribution < 1.29 is 14.3 Å². The predicted molar refractivity (Wildman–Crippen MR) is 162 cm³/mol. The third-order valence-corrected chi connectivity index (χ3v) is 7.67. The fourth-order valence-electron chi connectivity index (χ4n) is 4.78. The maximum Gasteiger partial charge on any atom is 0.306 e. The Hall–Kier alpha value is -0.590. The third kappa shape index (κ3) is 26.8. The van der Waals surface area contributed by atoms with Crippen molar-refractivity contribution in [1.29, 1.82) is 0 Å². The van der Waals surface area contributed by atoms with Crippen LogP contribution in [0.2, 0.25) is 0 Å². The van der Waals surface area contributed by atoms with Crippen LogP contribution in [0.25, 0.3) is 0 Å². The first-order valence-electron chi connectivity index (χ1n) is 15.8. The highest BCUT2D eigenvalue weighted by Crippen LogP contribution is 2.15. The molecule has 0 rings (SSSR count). The molecule has 37 heavy (non-hydrogen) atoms. The molecule has 0 saturated heterocycles. The van der Waals surface area contributed by atoms with Gasteiger partial charge in [-0.05, 0) is 77.3 Å². The largest absolute Gasteiger partial charge is 0.462 e. The molecule has 1 unspecified atom stereocenters. The molecule has 0 heterocycles. The normalized spacial score (nSPS) is 12.2. The number of ether oxygens (including phenoxy) is 1. The first-order valence-corrected chi connectivity index (χ1v) is 17.0. The number of nitrogens with one attached hydrogen (secondary N) is 1. The minimum absolute atomic E-state index is 0.00835. The first-order chi connectivity index (χ1) is 18.2. The number of esters is 1. The molecule has 0 aliphatic rings. The van der Waals surface area contributed by atoms with Gasteiger partial charge in [-0.1, -0.05) is 96.4 Å². The van der Waals surface area contributed by atoms with Crippen LogP contribution in [0.15, 0.2) is 0 Å². The summed E-state index contributed by atoms with van der Waals surface area (Å²) in [5.74, 6) is 0.00835. The highest BCUT2D eigenvalue weighted by atomic mass is 32.2. The van der Waals surface area contributed by atoms with Gasteiger partial charge >= 0.3 is 5.97 Å². The fourth-order valence-corrected chi connectivity index (χ4v) is 5.13.